The maximum Gasteiger partial charge on any atom is 0.238 e. The zero-order valence-electron chi connectivity index (χ0n) is 10.4. The molecule has 0 saturated carbocycles. The molecule has 100 valence electrons. The van der Waals surface area contributed by atoms with Crippen molar-refractivity contribution in [2.75, 3.05) is 5.32 Å². The average Bonchev–Trinajstić information content (AvgIpc) is 2.37. The van der Waals surface area contributed by atoms with Gasteiger partial charge in [-0.3, -0.25) is 9.97 Å². The molecule has 2 aromatic rings. The van der Waals surface area contributed by atoms with Gasteiger partial charge in [0.1, 0.15) is 0 Å². The Morgan fingerprint density at radius 3 is 2.74 bits per heavy atom. The van der Waals surface area contributed by atoms with Crippen LogP contribution in [0.1, 0.15) is 11.3 Å². The van der Waals surface area contributed by atoms with Crippen LogP contribution in [0.2, 0.25) is 0 Å². The summed E-state index contributed by atoms with van der Waals surface area (Å²) in [5.41, 5.74) is 2.40. The van der Waals surface area contributed by atoms with Crippen molar-refractivity contribution >= 4 is 15.7 Å². The van der Waals surface area contributed by atoms with Gasteiger partial charge in [-0.15, -0.1) is 0 Å². The highest BCUT2D eigenvalue weighted by atomic mass is 32.2. The minimum atomic E-state index is -3.69. The van der Waals surface area contributed by atoms with Gasteiger partial charge in [-0.25, -0.2) is 13.6 Å². The number of anilines is 1. The Kier molecular flexibility index (Phi) is 3.77. The SMILES string of the molecule is Cc1ccc(S(N)(=O)=O)cc1NCc1cnccn1. The fourth-order valence-corrected chi connectivity index (χ4v) is 2.12. The summed E-state index contributed by atoms with van der Waals surface area (Å²) >= 11 is 0. The molecule has 0 aliphatic carbocycles. The number of nitrogens with two attached hydrogens (primary N) is 1. The van der Waals surface area contributed by atoms with Crippen molar-refractivity contribution in [3.63, 3.8) is 0 Å². The molecule has 0 spiro atoms. The molecule has 0 atom stereocenters. The second kappa shape index (κ2) is 5.33. The Hall–Kier alpha value is -1.99. The second-order valence-electron chi connectivity index (χ2n) is 4.07. The van der Waals surface area contributed by atoms with E-state index in [0.29, 0.717) is 12.2 Å². The number of rotatable bonds is 4. The van der Waals surface area contributed by atoms with E-state index in [1.54, 1.807) is 24.7 Å². The highest BCUT2D eigenvalue weighted by Crippen LogP contribution is 2.19. The van der Waals surface area contributed by atoms with Crippen LogP contribution < -0.4 is 10.5 Å². The van der Waals surface area contributed by atoms with Crippen LogP contribution in [0.15, 0.2) is 41.7 Å². The zero-order valence-corrected chi connectivity index (χ0v) is 11.2. The van der Waals surface area contributed by atoms with E-state index in [4.69, 9.17) is 5.14 Å². The van der Waals surface area contributed by atoms with Crippen LogP contribution in [-0.2, 0) is 16.6 Å². The summed E-state index contributed by atoms with van der Waals surface area (Å²) in [6.07, 6.45) is 4.84. The molecule has 19 heavy (non-hydrogen) atoms. The summed E-state index contributed by atoms with van der Waals surface area (Å²) in [4.78, 5) is 8.17. The van der Waals surface area contributed by atoms with Crippen LogP contribution in [-0.4, -0.2) is 18.4 Å². The third-order valence-electron chi connectivity index (χ3n) is 2.61. The topological polar surface area (TPSA) is 98.0 Å². The van der Waals surface area contributed by atoms with Gasteiger partial charge in [0.25, 0.3) is 0 Å². The molecule has 0 radical (unpaired) electrons. The van der Waals surface area contributed by atoms with E-state index in [0.717, 1.165) is 11.3 Å². The summed E-state index contributed by atoms with van der Waals surface area (Å²) in [5, 5.41) is 8.22. The summed E-state index contributed by atoms with van der Waals surface area (Å²) in [6.45, 7) is 2.34. The first-order valence-electron chi connectivity index (χ1n) is 5.59. The van der Waals surface area contributed by atoms with Crippen molar-refractivity contribution in [2.24, 2.45) is 5.14 Å². The third kappa shape index (κ3) is 3.49. The largest absolute Gasteiger partial charge is 0.379 e. The van der Waals surface area contributed by atoms with Gasteiger partial charge in [-0.2, -0.15) is 0 Å². The number of aromatic nitrogens is 2. The van der Waals surface area contributed by atoms with Crippen molar-refractivity contribution in [3.05, 3.63) is 48.0 Å². The number of nitrogens with one attached hydrogen (secondary N) is 1. The number of benzene rings is 1. The molecule has 7 heteroatoms. The fraction of sp³-hybridized carbons (Fsp3) is 0.167. The quantitative estimate of drug-likeness (QED) is 0.871. The van der Waals surface area contributed by atoms with Gasteiger partial charge >= 0.3 is 0 Å². The monoisotopic (exact) mass is 278 g/mol. The Balaban J connectivity index is 2.21. The number of nitrogens with zero attached hydrogens (tertiary/aromatic N) is 2. The van der Waals surface area contributed by atoms with E-state index in [1.165, 1.54) is 12.1 Å². The van der Waals surface area contributed by atoms with Crippen LogP contribution in [0.3, 0.4) is 0 Å². The lowest BCUT2D eigenvalue weighted by Gasteiger charge is -2.10. The predicted molar refractivity (Wildman–Crippen MR) is 71.9 cm³/mol. The normalized spacial score (nSPS) is 11.3. The molecule has 6 nitrogen and oxygen atoms in total. The van der Waals surface area contributed by atoms with Crippen LogP contribution in [0, 0.1) is 6.92 Å². The second-order valence-corrected chi connectivity index (χ2v) is 5.63. The Labute approximate surface area is 111 Å². The maximum atomic E-state index is 11.3. The number of aryl methyl sites for hydroxylation is 1. The number of hydrogen-bond donors (Lipinski definition) is 2. The third-order valence-corrected chi connectivity index (χ3v) is 3.53. The highest BCUT2D eigenvalue weighted by molar-refractivity contribution is 7.89. The van der Waals surface area contributed by atoms with Crippen LogP contribution in [0.4, 0.5) is 5.69 Å². The van der Waals surface area contributed by atoms with Crippen molar-refractivity contribution in [3.8, 4) is 0 Å². The highest BCUT2D eigenvalue weighted by Gasteiger charge is 2.09. The molecule has 1 aromatic carbocycles. The van der Waals surface area contributed by atoms with Gasteiger partial charge in [-0.05, 0) is 24.6 Å². The van der Waals surface area contributed by atoms with Crippen molar-refractivity contribution in [1.82, 2.24) is 9.97 Å². The molecule has 2 rings (SSSR count). The number of hydrogen-bond acceptors (Lipinski definition) is 5. The molecule has 0 fully saturated rings. The lowest BCUT2D eigenvalue weighted by atomic mass is 10.2. The van der Waals surface area contributed by atoms with Crippen molar-refractivity contribution in [2.45, 2.75) is 18.4 Å². The molecule has 0 bridgehead atoms. The maximum absolute atomic E-state index is 11.3. The van der Waals surface area contributed by atoms with E-state index >= 15 is 0 Å². The smallest absolute Gasteiger partial charge is 0.238 e. The molecule has 1 heterocycles. The van der Waals surface area contributed by atoms with Gasteiger partial charge in [0.15, 0.2) is 0 Å². The summed E-state index contributed by atoms with van der Waals surface area (Å²) in [7, 11) is -3.69. The zero-order chi connectivity index (χ0) is 13.9. The van der Waals surface area contributed by atoms with Gasteiger partial charge < -0.3 is 5.32 Å². The molecular weight excluding hydrogens is 264 g/mol. The van der Waals surface area contributed by atoms with Gasteiger partial charge in [-0.1, -0.05) is 6.07 Å². The number of primary sulfonamides is 1. The molecular formula is C12H14N4O2S. The minimum Gasteiger partial charge on any atom is -0.379 e. The number of sulfonamides is 1. The molecule has 0 unspecified atom stereocenters. The molecule has 0 amide bonds. The van der Waals surface area contributed by atoms with Crippen LogP contribution in [0.5, 0.6) is 0 Å². The van der Waals surface area contributed by atoms with E-state index in [-0.39, 0.29) is 4.90 Å². The Morgan fingerprint density at radius 2 is 2.11 bits per heavy atom. The van der Waals surface area contributed by atoms with Gasteiger partial charge in [0.2, 0.25) is 10.0 Å². The Morgan fingerprint density at radius 1 is 1.32 bits per heavy atom. The first kappa shape index (κ1) is 13.4. The van der Waals surface area contributed by atoms with Gasteiger partial charge in [0, 0.05) is 18.1 Å². The summed E-state index contributed by atoms with van der Waals surface area (Å²) < 4.78 is 22.6. The van der Waals surface area contributed by atoms with E-state index < -0.39 is 10.0 Å². The van der Waals surface area contributed by atoms with Gasteiger partial charge in [0.05, 0.1) is 23.3 Å². The van der Waals surface area contributed by atoms with Crippen molar-refractivity contribution in [1.29, 1.82) is 0 Å². The first-order chi connectivity index (χ1) is 8.97. The standard InChI is InChI=1S/C12H14N4O2S/c1-9-2-3-11(19(13,17)18)6-12(9)16-8-10-7-14-4-5-15-10/h2-7,16H,8H2,1H3,(H2,13,17,18). The van der Waals surface area contributed by atoms with Crippen LogP contribution in [0.25, 0.3) is 0 Å². The molecule has 3 N–H and O–H groups in total. The van der Waals surface area contributed by atoms with E-state index in [9.17, 15) is 8.42 Å². The van der Waals surface area contributed by atoms with Crippen molar-refractivity contribution < 1.29 is 8.42 Å². The lowest BCUT2D eigenvalue weighted by molar-refractivity contribution is 0.598. The molecule has 0 saturated heterocycles. The molecule has 0 aliphatic rings. The average molecular weight is 278 g/mol. The first-order valence-corrected chi connectivity index (χ1v) is 7.13. The minimum absolute atomic E-state index is 0.0831. The summed E-state index contributed by atoms with van der Waals surface area (Å²) in [6, 6.07) is 4.71. The molecule has 0 aliphatic heterocycles. The fourth-order valence-electron chi connectivity index (χ4n) is 1.58. The Bertz CT molecular complexity index is 671. The summed E-state index contributed by atoms with van der Waals surface area (Å²) in [5.74, 6) is 0. The van der Waals surface area contributed by atoms with Crippen LogP contribution >= 0.6 is 0 Å². The van der Waals surface area contributed by atoms with E-state index in [2.05, 4.69) is 15.3 Å². The predicted octanol–water partition coefficient (Wildman–Crippen LogP) is 1.04. The molecule has 1 aromatic heterocycles. The lowest BCUT2D eigenvalue weighted by Crippen LogP contribution is -2.13. The van der Waals surface area contributed by atoms with E-state index in [1.807, 2.05) is 6.92 Å².